The number of nitrogens with zero attached hydrogens (tertiary/aromatic N) is 1. The van der Waals surface area contributed by atoms with E-state index in [2.05, 4.69) is 17.6 Å². The number of hydrogen-bond donors (Lipinski definition) is 2. The molecule has 37 heavy (non-hydrogen) atoms. The lowest BCUT2D eigenvalue weighted by atomic mass is 10.0. The van der Waals surface area contributed by atoms with E-state index in [1.165, 1.54) is 4.90 Å². The highest BCUT2D eigenvalue weighted by molar-refractivity contribution is 5.92. The van der Waals surface area contributed by atoms with E-state index in [0.29, 0.717) is 18.5 Å². The van der Waals surface area contributed by atoms with Gasteiger partial charge in [0, 0.05) is 13.1 Å². The predicted molar refractivity (Wildman–Crippen MR) is 143 cm³/mol. The van der Waals surface area contributed by atoms with E-state index in [1.807, 2.05) is 31.2 Å². The maximum atomic E-state index is 13.7. The molecule has 1 rings (SSSR count). The zero-order valence-electron chi connectivity index (χ0n) is 23.5. The van der Waals surface area contributed by atoms with Crippen molar-refractivity contribution in [3.63, 3.8) is 0 Å². The van der Waals surface area contributed by atoms with E-state index in [1.54, 1.807) is 34.6 Å². The van der Waals surface area contributed by atoms with Crippen molar-refractivity contribution in [2.75, 3.05) is 19.7 Å². The second kappa shape index (κ2) is 15.9. The lowest BCUT2D eigenvalue weighted by Crippen LogP contribution is -2.52. The Morgan fingerprint density at radius 1 is 1.00 bits per heavy atom. The Morgan fingerprint density at radius 2 is 1.65 bits per heavy atom. The predicted octanol–water partition coefficient (Wildman–Crippen LogP) is 4.43. The number of esters is 1. The molecule has 0 aliphatic rings. The molecule has 2 unspecified atom stereocenters. The van der Waals surface area contributed by atoms with E-state index in [9.17, 15) is 19.2 Å². The summed E-state index contributed by atoms with van der Waals surface area (Å²) < 4.78 is 10.2. The van der Waals surface area contributed by atoms with Crippen molar-refractivity contribution in [1.82, 2.24) is 15.5 Å². The summed E-state index contributed by atoms with van der Waals surface area (Å²) >= 11 is 0. The van der Waals surface area contributed by atoms with Gasteiger partial charge in [0.1, 0.15) is 17.7 Å². The van der Waals surface area contributed by atoms with Crippen LogP contribution in [-0.4, -0.2) is 60.1 Å². The van der Waals surface area contributed by atoms with Crippen LogP contribution in [-0.2, 0) is 23.9 Å². The number of unbranched alkanes of at least 4 members (excludes halogenated alkanes) is 3. The summed E-state index contributed by atoms with van der Waals surface area (Å²) in [5.41, 5.74) is 0.953. The van der Waals surface area contributed by atoms with Crippen LogP contribution in [0.4, 0.5) is 4.79 Å². The molecule has 208 valence electrons. The van der Waals surface area contributed by atoms with Crippen molar-refractivity contribution in [3.8, 4) is 0 Å². The number of hydrogen-bond acceptors (Lipinski definition) is 6. The van der Waals surface area contributed by atoms with Crippen LogP contribution < -0.4 is 10.6 Å². The van der Waals surface area contributed by atoms with Gasteiger partial charge in [-0.3, -0.25) is 14.4 Å². The molecule has 9 heteroatoms. The highest BCUT2D eigenvalue weighted by Gasteiger charge is 2.34. The summed E-state index contributed by atoms with van der Waals surface area (Å²) in [4.78, 5) is 52.7. The van der Waals surface area contributed by atoms with Crippen molar-refractivity contribution >= 4 is 23.9 Å². The molecule has 0 aromatic heterocycles. The fourth-order valence-electron chi connectivity index (χ4n) is 3.71. The molecule has 0 aliphatic heterocycles. The summed E-state index contributed by atoms with van der Waals surface area (Å²) in [5.74, 6) is -1.20. The third kappa shape index (κ3) is 12.1. The zero-order chi connectivity index (χ0) is 28.0. The average molecular weight is 520 g/mol. The van der Waals surface area contributed by atoms with E-state index < -0.39 is 41.6 Å². The standard InChI is InChI=1S/C28H45N3O6/c1-8-10-11-12-19-31(26(34)21(4)30-27(35)37-28(5,6)7)24(22-15-13-20(3)14-16-22)25(33)29-18-17-23(32)36-9-2/h13-16,21,24H,8-12,17-19H2,1-7H3,(H,29,33)(H,30,35). The summed E-state index contributed by atoms with van der Waals surface area (Å²) in [6.07, 6.45) is 2.97. The van der Waals surface area contributed by atoms with E-state index in [4.69, 9.17) is 9.47 Å². The molecule has 0 radical (unpaired) electrons. The van der Waals surface area contributed by atoms with Crippen molar-refractivity contribution in [3.05, 3.63) is 35.4 Å². The van der Waals surface area contributed by atoms with E-state index in [0.717, 1.165) is 24.8 Å². The normalized spacial score (nSPS) is 12.7. The van der Waals surface area contributed by atoms with Crippen LogP contribution in [0.1, 0.15) is 90.8 Å². The molecule has 2 atom stereocenters. The van der Waals surface area contributed by atoms with Crippen molar-refractivity contribution in [2.24, 2.45) is 0 Å². The van der Waals surface area contributed by atoms with Gasteiger partial charge in [-0.05, 0) is 53.5 Å². The van der Waals surface area contributed by atoms with E-state index in [-0.39, 0.29) is 19.6 Å². The summed E-state index contributed by atoms with van der Waals surface area (Å²) in [6, 6.07) is 5.57. The molecule has 1 aromatic rings. The summed E-state index contributed by atoms with van der Waals surface area (Å²) in [6.45, 7) is 13.3. The molecule has 0 saturated carbocycles. The minimum Gasteiger partial charge on any atom is -0.466 e. The summed E-state index contributed by atoms with van der Waals surface area (Å²) in [7, 11) is 0. The van der Waals surface area contributed by atoms with Gasteiger partial charge in [0.05, 0.1) is 13.0 Å². The molecule has 0 heterocycles. The van der Waals surface area contributed by atoms with Crippen LogP contribution in [0.2, 0.25) is 0 Å². The number of aryl methyl sites for hydroxylation is 1. The largest absolute Gasteiger partial charge is 0.466 e. The van der Waals surface area contributed by atoms with Crippen LogP contribution >= 0.6 is 0 Å². The van der Waals surface area contributed by atoms with Crippen LogP contribution in [0.15, 0.2) is 24.3 Å². The number of amides is 3. The SMILES string of the molecule is CCCCCCN(C(=O)C(C)NC(=O)OC(C)(C)C)C(C(=O)NCCC(=O)OCC)c1ccc(C)cc1. The second-order valence-corrected chi connectivity index (χ2v) is 10.1. The van der Waals surface area contributed by atoms with Crippen LogP contribution in [0.3, 0.4) is 0 Å². The molecule has 3 amide bonds. The van der Waals surface area contributed by atoms with E-state index >= 15 is 0 Å². The van der Waals surface area contributed by atoms with Crippen LogP contribution in [0.5, 0.6) is 0 Å². The molecule has 9 nitrogen and oxygen atoms in total. The first-order chi connectivity index (χ1) is 17.4. The van der Waals surface area contributed by atoms with Gasteiger partial charge in [0.15, 0.2) is 0 Å². The lowest BCUT2D eigenvalue weighted by molar-refractivity contribution is -0.144. The topological polar surface area (TPSA) is 114 Å². The summed E-state index contributed by atoms with van der Waals surface area (Å²) in [5, 5.41) is 5.39. The Morgan fingerprint density at radius 3 is 2.22 bits per heavy atom. The van der Waals surface area contributed by atoms with Crippen LogP contribution in [0, 0.1) is 6.92 Å². The fraction of sp³-hybridized carbons (Fsp3) is 0.643. The Labute approximate surface area is 221 Å². The van der Waals surface area contributed by atoms with Crippen molar-refractivity contribution < 1.29 is 28.7 Å². The molecular weight excluding hydrogens is 474 g/mol. The maximum Gasteiger partial charge on any atom is 0.408 e. The zero-order valence-corrected chi connectivity index (χ0v) is 23.5. The van der Waals surface area contributed by atoms with Gasteiger partial charge in [0.2, 0.25) is 11.8 Å². The first-order valence-electron chi connectivity index (χ1n) is 13.2. The maximum absolute atomic E-state index is 13.7. The van der Waals surface area contributed by atoms with Gasteiger partial charge in [-0.1, -0.05) is 56.0 Å². The van der Waals surface area contributed by atoms with Gasteiger partial charge >= 0.3 is 12.1 Å². The third-order valence-corrected chi connectivity index (χ3v) is 5.53. The van der Waals surface area contributed by atoms with Gasteiger partial charge < -0.3 is 25.0 Å². The Hall–Kier alpha value is -3.10. The van der Waals surface area contributed by atoms with Crippen molar-refractivity contribution in [1.29, 1.82) is 0 Å². The molecule has 0 bridgehead atoms. The first kappa shape index (κ1) is 31.9. The fourth-order valence-corrected chi connectivity index (χ4v) is 3.71. The van der Waals surface area contributed by atoms with Crippen LogP contribution in [0.25, 0.3) is 0 Å². The molecule has 2 N–H and O–H groups in total. The lowest BCUT2D eigenvalue weighted by Gasteiger charge is -2.34. The molecule has 0 spiro atoms. The number of ether oxygens (including phenoxy) is 2. The highest BCUT2D eigenvalue weighted by atomic mass is 16.6. The van der Waals surface area contributed by atoms with Gasteiger partial charge in [0.25, 0.3) is 0 Å². The molecule has 0 aliphatic carbocycles. The molecule has 0 saturated heterocycles. The number of nitrogens with one attached hydrogen (secondary N) is 2. The Bertz CT molecular complexity index is 879. The second-order valence-electron chi connectivity index (χ2n) is 10.1. The monoisotopic (exact) mass is 519 g/mol. The molecule has 0 fully saturated rings. The van der Waals surface area contributed by atoms with Gasteiger partial charge in [-0.25, -0.2) is 4.79 Å². The van der Waals surface area contributed by atoms with Crippen molar-refractivity contribution in [2.45, 2.75) is 98.3 Å². The minimum absolute atomic E-state index is 0.0290. The van der Waals surface area contributed by atoms with Gasteiger partial charge in [-0.15, -0.1) is 0 Å². The first-order valence-corrected chi connectivity index (χ1v) is 13.2. The number of benzene rings is 1. The number of carbonyl (C=O) groups is 4. The Kier molecular flexibility index (Phi) is 13.7. The Balaban J connectivity index is 3.23. The third-order valence-electron chi connectivity index (χ3n) is 5.53. The highest BCUT2D eigenvalue weighted by Crippen LogP contribution is 2.24. The quantitative estimate of drug-likeness (QED) is 0.278. The minimum atomic E-state index is -0.931. The average Bonchev–Trinajstić information content (AvgIpc) is 2.80. The molecule has 1 aromatic carbocycles. The molecular formula is C28H45N3O6. The van der Waals surface area contributed by atoms with Gasteiger partial charge in [-0.2, -0.15) is 0 Å². The number of rotatable bonds is 14. The number of carbonyl (C=O) groups excluding carboxylic acids is 4. The number of alkyl carbamates (subject to hydrolysis) is 1. The smallest absolute Gasteiger partial charge is 0.408 e.